The molecule has 0 aliphatic carbocycles. The number of hydrogen-bond donors (Lipinski definition) is 3. The van der Waals surface area contributed by atoms with Gasteiger partial charge in [-0.2, -0.15) is 0 Å². The summed E-state index contributed by atoms with van der Waals surface area (Å²) in [6.45, 7) is 13.6. The monoisotopic (exact) mass is 681 g/mol. The number of fused-ring (bicyclic) bond motifs is 5. The number of carboxylic acids is 2. The van der Waals surface area contributed by atoms with Gasteiger partial charge >= 0.3 is 59.1 Å². The van der Waals surface area contributed by atoms with Crippen LogP contribution in [-0.2, 0) is 14.4 Å². The Morgan fingerprint density at radius 2 is 1.49 bits per heavy atom. The molecule has 0 saturated heterocycles. The molecule has 0 radical (unpaired) electrons. The van der Waals surface area contributed by atoms with Gasteiger partial charge in [0.2, 0.25) is 0 Å². The van der Waals surface area contributed by atoms with Gasteiger partial charge in [0.25, 0.3) is 0 Å². The zero-order valence-corrected chi connectivity index (χ0v) is 33.1. The first-order valence-electron chi connectivity index (χ1n) is 15.4. The van der Waals surface area contributed by atoms with E-state index < -0.39 is 17.5 Å². The maximum absolute atomic E-state index is 11.9. The van der Waals surface area contributed by atoms with Crippen LogP contribution in [0.1, 0.15) is 60.3 Å². The van der Waals surface area contributed by atoms with E-state index in [9.17, 15) is 24.9 Å². The smallest absolute Gasteiger partial charge is 0.550 e. The largest absolute Gasteiger partial charge is 1.00 e. The summed E-state index contributed by atoms with van der Waals surface area (Å²) in [5.74, 6) is -2.37. The van der Waals surface area contributed by atoms with Crippen LogP contribution in [0.2, 0.25) is 0 Å². The van der Waals surface area contributed by atoms with Crippen molar-refractivity contribution in [2.24, 2.45) is 15.0 Å². The number of hydroxylamine groups is 1. The predicted molar refractivity (Wildman–Crippen MR) is 176 cm³/mol. The number of aliphatic hydroxyl groups is 1. The Labute approximate surface area is 330 Å². The molecule has 49 heavy (non-hydrogen) atoms. The van der Waals surface area contributed by atoms with Crippen LogP contribution < -0.4 is 80.1 Å². The van der Waals surface area contributed by atoms with Crippen LogP contribution in [0, 0.1) is 0 Å². The van der Waals surface area contributed by atoms with Gasteiger partial charge in [-0.1, -0.05) is 12.7 Å². The standard InChI is InChI=1S/C36H39N5O6.2Na/c1-7-22-19(3)26-15-27-20(4)23(9-11-34(42)43)29(38-27)17-30-24(10-12-35(44)45)21(5)28(39-30)16-32-25(13-14-37-47-8-2)36(6,46)33(41-32)18-31(22)40-26;;/h7,13-18,37,41,46H,1,8-12H2,2-6H3,(H,42,43)(H,44,45);;/q;2*+1/p-2. The molecule has 8 bridgehead atoms. The second kappa shape index (κ2) is 16.7. The normalized spacial score (nSPS) is 21.3. The van der Waals surface area contributed by atoms with Gasteiger partial charge in [0.1, 0.15) is 5.60 Å². The minimum Gasteiger partial charge on any atom is -0.550 e. The fourth-order valence-corrected chi connectivity index (χ4v) is 6.04. The first kappa shape index (κ1) is 40.3. The first-order chi connectivity index (χ1) is 22.3. The topological polar surface area (TPSA) is 171 Å². The van der Waals surface area contributed by atoms with Crippen molar-refractivity contribution >= 4 is 29.1 Å². The van der Waals surface area contributed by atoms with Gasteiger partial charge in [-0.05, 0) is 119 Å². The van der Waals surface area contributed by atoms with E-state index in [-0.39, 0.29) is 84.8 Å². The third kappa shape index (κ3) is 8.44. The van der Waals surface area contributed by atoms with Crippen LogP contribution in [0.3, 0.4) is 0 Å². The molecular weight excluding hydrogens is 644 g/mol. The minimum absolute atomic E-state index is 0. The van der Waals surface area contributed by atoms with Gasteiger partial charge in [0.15, 0.2) is 0 Å². The van der Waals surface area contributed by atoms with Crippen molar-refractivity contribution in [1.29, 1.82) is 0 Å². The van der Waals surface area contributed by atoms with E-state index in [1.165, 1.54) is 0 Å². The fourth-order valence-electron chi connectivity index (χ4n) is 6.04. The van der Waals surface area contributed by atoms with Crippen LogP contribution in [0.4, 0.5) is 0 Å². The first-order valence-corrected chi connectivity index (χ1v) is 15.4. The molecule has 5 aliphatic heterocycles. The number of nitrogens with zero attached hydrogens (tertiary/aromatic N) is 3. The van der Waals surface area contributed by atoms with E-state index in [1.807, 2.05) is 33.8 Å². The quantitative estimate of drug-likeness (QED) is 0.116. The van der Waals surface area contributed by atoms with Gasteiger partial charge in [-0.25, -0.2) is 15.0 Å². The number of aliphatic carboxylic acids is 2. The Hall–Kier alpha value is -3.13. The second-order valence-electron chi connectivity index (χ2n) is 11.7. The number of carbonyl (C=O) groups is 2. The summed E-state index contributed by atoms with van der Waals surface area (Å²) < 4.78 is 0. The van der Waals surface area contributed by atoms with Crippen molar-refractivity contribution in [3.05, 3.63) is 117 Å². The van der Waals surface area contributed by atoms with Gasteiger partial charge in [0.05, 0.1) is 46.5 Å². The molecule has 5 rings (SSSR count). The molecule has 244 valence electrons. The van der Waals surface area contributed by atoms with E-state index in [1.54, 1.807) is 43.5 Å². The van der Waals surface area contributed by atoms with Gasteiger partial charge < -0.3 is 30.2 Å². The average molecular weight is 682 g/mol. The molecule has 13 heteroatoms. The van der Waals surface area contributed by atoms with Crippen LogP contribution in [0.15, 0.2) is 132 Å². The van der Waals surface area contributed by atoms with Crippen molar-refractivity contribution in [3.8, 4) is 0 Å². The number of carbonyl (C=O) groups excluding carboxylic acids is 2. The van der Waals surface area contributed by atoms with Gasteiger partial charge in [-0.15, -0.1) is 0 Å². The number of hydrogen-bond acceptors (Lipinski definition) is 11. The molecule has 3 N–H and O–H groups in total. The van der Waals surface area contributed by atoms with Gasteiger partial charge in [0, 0.05) is 35.0 Å². The third-order valence-corrected chi connectivity index (χ3v) is 8.70. The average Bonchev–Trinajstić information content (AvgIpc) is 3.64. The van der Waals surface area contributed by atoms with E-state index in [0.717, 1.165) is 27.9 Å². The molecule has 5 aliphatic rings. The van der Waals surface area contributed by atoms with Crippen LogP contribution in [0.5, 0.6) is 0 Å². The summed E-state index contributed by atoms with van der Waals surface area (Å²) >= 11 is 0. The molecule has 1 atom stereocenters. The molecule has 5 heterocycles. The molecule has 0 aromatic carbocycles. The van der Waals surface area contributed by atoms with E-state index in [4.69, 9.17) is 19.8 Å². The van der Waals surface area contributed by atoms with Crippen LogP contribution in [-0.4, -0.2) is 46.4 Å². The van der Waals surface area contributed by atoms with E-state index in [0.29, 0.717) is 63.4 Å². The van der Waals surface area contributed by atoms with Crippen LogP contribution >= 0.6 is 0 Å². The van der Waals surface area contributed by atoms with E-state index in [2.05, 4.69) is 17.4 Å². The summed E-state index contributed by atoms with van der Waals surface area (Å²) in [6.07, 6.45) is 12.2. The summed E-state index contributed by atoms with van der Waals surface area (Å²) in [5.41, 5.74) is 10.9. The minimum atomic E-state index is -1.47. The summed E-state index contributed by atoms with van der Waals surface area (Å²) in [6, 6.07) is 0. The SMILES string of the molecule is C=CC1=C(C)C2=CC3=NC(=CC4=NC(=CC5=C(C=CNOCC)C(C)(O)C(=CC1=N2)N5)C(C)=C4CCC(=O)[O-])C(CCC(=O)[O-])=C3C.[Na+].[Na+]. The van der Waals surface area contributed by atoms with Crippen molar-refractivity contribution in [2.75, 3.05) is 6.61 Å². The van der Waals surface area contributed by atoms with Crippen molar-refractivity contribution < 1.29 is 88.9 Å². The Bertz CT molecular complexity index is 1860. The maximum Gasteiger partial charge on any atom is 1.00 e. The molecule has 0 fully saturated rings. The molecule has 11 nitrogen and oxygen atoms in total. The Kier molecular flexibility index (Phi) is 13.8. The van der Waals surface area contributed by atoms with Crippen molar-refractivity contribution in [1.82, 2.24) is 10.8 Å². The number of nitrogens with one attached hydrogen (secondary N) is 2. The predicted octanol–water partition coefficient (Wildman–Crippen LogP) is -3.23. The molecule has 0 spiro atoms. The molecule has 1 unspecified atom stereocenters. The fraction of sp³-hybridized carbons (Fsp3) is 0.306. The van der Waals surface area contributed by atoms with Gasteiger partial charge in [-0.3, -0.25) is 10.3 Å². The Balaban J connectivity index is 0.00000325. The number of carboxylic acid groups (broad SMARTS) is 2. The molecule has 0 saturated carbocycles. The Morgan fingerprint density at radius 1 is 0.898 bits per heavy atom. The summed E-state index contributed by atoms with van der Waals surface area (Å²) in [5, 5.41) is 38.3. The molecule has 0 aromatic heterocycles. The number of aliphatic imine (C=N–C) groups is 3. The zero-order valence-electron chi connectivity index (χ0n) is 29.1. The summed E-state index contributed by atoms with van der Waals surface area (Å²) in [4.78, 5) is 42.9. The van der Waals surface area contributed by atoms with Crippen molar-refractivity contribution in [2.45, 2.75) is 65.9 Å². The summed E-state index contributed by atoms with van der Waals surface area (Å²) in [7, 11) is 0. The van der Waals surface area contributed by atoms with Crippen LogP contribution in [0.25, 0.3) is 0 Å². The van der Waals surface area contributed by atoms with Crippen molar-refractivity contribution in [3.63, 3.8) is 0 Å². The zero-order chi connectivity index (χ0) is 34.0. The maximum atomic E-state index is 11.9. The number of rotatable bonds is 11. The van der Waals surface area contributed by atoms with E-state index >= 15 is 0 Å². The molecule has 0 amide bonds. The Morgan fingerprint density at radius 3 is 2.12 bits per heavy atom. The molecule has 0 aromatic rings. The third-order valence-electron chi connectivity index (χ3n) is 8.70. The second-order valence-corrected chi connectivity index (χ2v) is 11.7. The number of allylic oxidation sites excluding steroid dienone is 11. The molecular formula is C36H37N5Na2O6.